The molecule has 3 N–H and O–H groups in total. The third-order valence-electron chi connectivity index (χ3n) is 2.53. The quantitative estimate of drug-likeness (QED) is 0.689. The molecule has 2 amide bonds. The van der Waals surface area contributed by atoms with Crippen LogP contribution in [0.3, 0.4) is 0 Å². The number of nitrogens with one attached hydrogen (secondary N) is 1. The molecule has 5 nitrogen and oxygen atoms in total. The van der Waals surface area contributed by atoms with Gasteiger partial charge in [0.1, 0.15) is 5.54 Å². The van der Waals surface area contributed by atoms with E-state index in [1.807, 2.05) is 20.8 Å². The minimum Gasteiger partial charge on any atom is -0.453 e. The van der Waals surface area contributed by atoms with Crippen LogP contribution in [-0.4, -0.2) is 24.6 Å². The number of amides is 2. The van der Waals surface area contributed by atoms with Crippen LogP contribution in [0, 0.1) is 5.41 Å². The summed E-state index contributed by atoms with van der Waals surface area (Å²) in [5.41, 5.74) is 3.65. The summed E-state index contributed by atoms with van der Waals surface area (Å²) in [5, 5.41) is 2.45. The fourth-order valence-corrected chi connectivity index (χ4v) is 0.874. The second-order valence-electron chi connectivity index (χ2n) is 4.36. The van der Waals surface area contributed by atoms with E-state index in [2.05, 4.69) is 10.1 Å². The standard InChI is InChI=1S/C9H18N2O3/c1-8(2,3)9(4,6(10)12)11-7(13)14-5/h1-5H3,(H2,10,12)(H,11,13)/t9-/m1/s1. The molecule has 0 aliphatic carbocycles. The molecule has 1 atom stereocenters. The first kappa shape index (κ1) is 12.7. The number of ether oxygens (including phenoxy) is 1. The van der Waals surface area contributed by atoms with Gasteiger partial charge in [0.05, 0.1) is 7.11 Å². The molecule has 0 aromatic carbocycles. The van der Waals surface area contributed by atoms with Gasteiger partial charge in [-0.25, -0.2) is 4.79 Å². The summed E-state index contributed by atoms with van der Waals surface area (Å²) < 4.78 is 4.43. The van der Waals surface area contributed by atoms with Crippen LogP contribution in [0.2, 0.25) is 0 Å². The zero-order valence-corrected chi connectivity index (χ0v) is 9.30. The number of nitrogens with two attached hydrogens (primary N) is 1. The Balaban J connectivity index is 4.93. The summed E-state index contributed by atoms with van der Waals surface area (Å²) in [7, 11) is 1.24. The molecular weight excluding hydrogens is 184 g/mol. The molecule has 0 fully saturated rings. The summed E-state index contributed by atoms with van der Waals surface area (Å²) in [4.78, 5) is 22.3. The highest BCUT2D eigenvalue weighted by Crippen LogP contribution is 2.29. The largest absolute Gasteiger partial charge is 0.453 e. The SMILES string of the molecule is COC(=O)N[C@](C)(C(N)=O)C(C)(C)C. The summed E-state index contributed by atoms with van der Waals surface area (Å²) in [6, 6.07) is 0. The van der Waals surface area contributed by atoms with Crippen LogP contribution < -0.4 is 11.1 Å². The lowest BCUT2D eigenvalue weighted by atomic mass is 9.74. The Bertz CT molecular complexity index is 245. The van der Waals surface area contributed by atoms with Gasteiger partial charge in [-0.15, -0.1) is 0 Å². The Hall–Kier alpha value is -1.26. The zero-order valence-electron chi connectivity index (χ0n) is 9.30. The topological polar surface area (TPSA) is 81.4 Å². The summed E-state index contributed by atoms with van der Waals surface area (Å²) in [5.74, 6) is -0.588. The van der Waals surface area contributed by atoms with Crippen molar-refractivity contribution in [3.05, 3.63) is 0 Å². The average molecular weight is 202 g/mol. The van der Waals surface area contributed by atoms with Crippen molar-refractivity contribution in [2.45, 2.75) is 33.2 Å². The summed E-state index contributed by atoms with van der Waals surface area (Å²) in [6.07, 6.45) is -0.666. The highest BCUT2D eigenvalue weighted by molar-refractivity contribution is 5.89. The van der Waals surface area contributed by atoms with Gasteiger partial charge in [-0.1, -0.05) is 20.8 Å². The molecule has 0 heterocycles. The van der Waals surface area contributed by atoms with E-state index in [1.165, 1.54) is 7.11 Å². The van der Waals surface area contributed by atoms with Crippen LogP contribution in [0.1, 0.15) is 27.7 Å². The van der Waals surface area contributed by atoms with E-state index < -0.39 is 23.0 Å². The maximum absolute atomic E-state index is 11.3. The van der Waals surface area contributed by atoms with Crippen molar-refractivity contribution in [3.8, 4) is 0 Å². The van der Waals surface area contributed by atoms with Crippen molar-refractivity contribution in [1.29, 1.82) is 0 Å². The van der Waals surface area contributed by atoms with Crippen molar-refractivity contribution in [2.75, 3.05) is 7.11 Å². The molecule has 0 rings (SSSR count). The fourth-order valence-electron chi connectivity index (χ4n) is 0.874. The highest BCUT2D eigenvalue weighted by atomic mass is 16.5. The molecule has 5 heteroatoms. The summed E-state index contributed by atoms with van der Waals surface area (Å²) >= 11 is 0. The van der Waals surface area contributed by atoms with Gasteiger partial charge < -0.3 is 15.8 Å². The van der Waals surface area contributed by atoms with Crippen LogP contribution in [0.25, 0.3) is 0 Å². The smallest absolute Gasteiger partial charge is 0.407 e. The third-order valence-corrected chi connectivity index (χ3v) is 2.53. The molecule has 0 saturated heterocycles. The Morgan fingerprint density at radius 1 is 1.21 bits per heavy atom. The first-order valence-electron chi connectivity index (χ1n) is 4.31. The maximum atomic E-state index is 11.3. The lowest BCUT2D eigenvalue weighted by Gasteiger charge is -2.39. The molecule has 0 aliphatic heterocycles. The van der Waals surface area contributed by atoms with E-state index in [0.717, 1.165) is 0 Å². The lowest BCUT2D eigenvalue weighted by Crippen LogP contribution is -2.62. The van der Waals surface area contributed by atoms with Crippen LogP contribution in [0.15, 0.2) is 0 Å². The lowest BCUT2D eigenvalue weighted by molar-refractivity contribution is -0.127. The zero-order chi connectivity index (χ0) is 11.6. The van der Waals surface area contributed by atoms with Gasteiger partial charge >= 0.3 is 6.09 Å². The van der Waals surface area contributed by atoms with Crippen molar-refractivity contribution >= 4 is 12.0 Å². The van der Waals surface area contributed by atoms with E-state index >= 15 is 0 Å². The fraction of sp³-hybridized carbons (Fsp3) is 0.778. The molecular formula is C9H18N2O3. The highest BCUT2D eigenvalue weighted by Gasteiger charge is 2.44. The minimum absolute atomic E-state index is 0.479. The molecule has 0 aromatic heterocycles. The van der Waals surface area contributed by atoms with Crippen molar-refractivity contribution in [3.63, 3.8) is 0 Å². The molecule has 0 radical (unpaired) electrons. The first-order valence-corrected chi connectivity index (χ1v) is 4.31. The second-order valence-corrected chi connectivity index (χ2v) is 4.36. The van der Waals surface area contributed by atoms with Gasteiger partial charge in [-0.2, -0.15) is 0 Å². The third kappa shape index (κ3) is 2.37. The minimum atomic E-state index is -1.12. The number of rotatable bonds is 2. The molecule has 0 unspecified atom stereocenters. The van der Waals surface area contributed by atoms with Crippen molar-refractivity contribution in [2.24, 2.45) is 11.1 Å². The van der Waals surface area contributed by atoms with Gasteiger partial charge in [-0.05, 0) is 12.3 Å². The van der Waals surface area contributed by atoms with Gasteiger partial charge in [-0.3, -0.25) is 4.79 Å². The van der Waals surface area contributed by atoms with Crippen molar-refractivity contribution < 1.29 is 14.3 Å². The number of methoxy groups -OCH3 is 1. The normalized spacial score (nSPS) is 15.5. The number of primary amides is 1. The van der Waals surface area contributed by atoms with E-state index in [-0.39, 0.29) is 0 Å². The Kier molecular flexibility index (Phi) is 3.51. The van der Waals surface area contributed by atoms with Crippen LogP contribution in [-0.2, 0) is 9.53 Å². The Morgan fingerprint density at radius 2 is 1.64 bits per heavy atom. The van der Waals surface area contributed by atoms with Gasteiger partial charge in [0.2, 0.25) is 5.91 Å². The molecule has 0 aliphatic rings. The van der Waals surface area contributed by atoms with Gasteiger partial charge in [0.25, 0.3) is 0 Å². The number of hydrogen-bond acceptors (Lipinski definition) is 3. The van der Waals surface area contributed by atoms with E-state index in [0.29, 0.717) is 0 Å². The number of hydrogen-bond donors (Lipinski definition) is 2. The summed E-state index contributed by atoms with van der Waals surface area (Å²) in [6.45, 7) is 7.02. The molecule has 0 aromatic rings. The number of carbonyl (C=O) groups is 2. The molecule has 14 heavy (non-hydrogen) atoms. The van der Waals surface area contributed by atoms with E-state index in [4.69, 9.17) is 5.73 Å². The predicted molar refractivity (Wildman–Crippen MR) is 52.6 cm³/mol. The van der Waals surface area contributed by atoms with Gasteiger partial charge in [0.15, 0.2) is 0 Å². The first-order chi connectivity index (χ1) is 6.15. The van der Waals surface area contributed by atoms with Crippen molar-refractivity contribution in [1.82, 2.24) is 5.32 Å². The van der Waals surface area contributed by atoms with Crippen LogP contribution >= 0.6 is 0 Å². The van der Waals surface area contributed by atoms with Crippen LogP contribution in [0.4, 0.5) is 4.79 Å². The number of carbonyl (C=O) groups excluding carboxylic acids is 2. The van der Waals surface area contributed by atoms with E-state index in [1.54, 1.807) is 6.92 Å². The number of alkyl carbamates (subject to hydrolysis) is 1. The van der Waals surface area contributed by atoms with Crippen LogP contribution in [0.5, 0.6) is 0 Å². The average Bonchev–Trinajstić information content (AvgIpc) is 2.01. The monoisotopic (exact) mass is 202 g/mol. The molecule has 82 valence electrons. The Morgan fingerprint density at radius 3 is 1.86 bits per heavy atom. The predicted octanol–water partition coefficient (Wildman–Crippen LogP) is 0.632. The van der Waals surface area contributed by atoms with Gasteiger partial charge in [0, 0.05) is 0 Å². The molecule has 0 bridgehead atoms. The molecule has 0 saturated carbocycles. The second kappa shape index (κ2) is 3.86. The molecule has 0 spiro atoms. The van der Waals surface area contributed by atoms with E-state index in [9.17, 15) is 9.59 Å². The Labute approximate surface area is 84.0 Å². The maximum Gasteiger partial charge on any atom is 0.407 e.